The molecule has 2 aromatic rings. The molecule has 0 spiro atoms. The second-order valence-corrected chi connectivity index (χ2v) is 4.23. The van der Waals surface area contributed by atoms with Crippen LogP contribution in [0.5, 0.6) is 0 Å². The van der Waals surface area contributed by atoms with E-state index < -0.39 is 6.10 Å². The molecule has 0 bridgehead atoms. The van der Waals surface area contributed by atoms with E-state index in [9.17, 15) is 9.50 Å². The van der Waals surface area contributed by atoms with Gasteiger partial charge in [0.2, 0.25) is 0 Å². The average molecular weight is 230 g/mol. The molecule has 1 atom stereocenters. The predicted molar refractivity (Wildman–Crippen MR) is 66.2 cm³/mol. The van der Waals surface area contributed by atoms with Gasteiger partial charge in [-0.3, -0.25) is 0 Å². The zero-order valence-corrected chi connectivity index (χ0v) is 9.73. The Morgan fingerprint density at radius 3 is 2.53 bits per heavy atom. The van der Waals surface area contributed by atoms with Crippen LogP contribution in [-0.4, -0.2) is 5.11 Å². The first-order valence-electron chi connectivity index (χ1n) is 5.65. The van der Waals surface area contributed by atoms with Crippen molar-refractivity contribution in [2.24, 2.45) is 0 Å². The Hall–Kier alpha value is -1.67. The quantitative estimate of drug-likeness (QED) is 0.856. The molecule has 0 aliphatic carbocycles. The van der Waals surface area contributed by atoms with Crippen molar-refractivity contribution in [1.29, 1.82) is 0 Å². The fraction of sp³-hybridized carbons (Fsp3) is 0.200. The fourth-order valence-electron chi connectivity index (χ4n) is 1.87. The molecular weight excluding hydrogens is 215 g/mol. The van der Waals surface area contributed by atoms with Crippen LogP contribution in [0, 0.1) is 12.7 Å². The molecule has 88 valence electrons. The van der Waals surface area contributed by atoms with Gasteiger partial charge in [-0.25, -0.2) is 4.39 Å². The number of benzene rings is 2. The van der Waals surface area contributed by atoms with Gasteiger partial charge in [0.15, 0.2) is 0 Å². The van der Waals surface area contributed by atoms with Crippen molar-refractivity contribution in [2.45, 2.75) is 19.4 Å². The Balaban J connectivity index is 2.20. The van der Waals surface area contributed by atoms with E-state index in [1.165, 1.54) is 6.07 Å². The molecule has 0 aromatic heterocycles. The van der Waals surface area contributed by atoms with Crippen molar-refractivity contribution in [1.82, 2.24) is 0 Å². The van der Waals surface area contributed by atoms with Gasteiger partial charge in [-0.05, 0) is 18.6 Å². The first-order chi connectivity index (χ1) is 8.16. The number of aliphatic hydroxyl groups excluding tert-OH is 1. The van der Waals surface area contributed by atoms with Crippen molar-refractivity contribution < 1.29 is 9.50 Å². The summed E-state index contributed by atoms with van der Waals surface area (Å²) >= 11 is 0. The molecule has 0 amide bonds. The van der Waals surface area contributed by atoms with Gasteiger partial charge in [0.25, 0.3) is 0 Å². The van der Waals surface area contributed by atoms with E-state index in [0.717, 1.165) is 11.1 Å². The minimum atomic E-state index is -0.794. The summed E-state index contributed by atoms with van der Waals surface area (Å²) in [5.41, 5.74) is 2.32. The van der Waals surface area contributed by atoms with Crippen molar-refractivity contribution >= 4 is 0 Å². The van der Waals surface area contributed by atoms with E-state index in [-0.39, 0.29) is 5.82 Å². The molecule has 1 unspecified atom stereocenters. The lowest BCUT2D eigenvalue weighted by molar-refractivity contribution is 0.173. The molecule has 17 heavy (non-hydrogen) atoms. The molecule has 1 N–H and O–H groups in total. The molecule has 1 nitrogen and oxygen atoms in total. The summed E-state index contributed by atoms with van der Waals surface area (Å²) in [6, 6.07) is 14.4. The normalized spacial score (nSPS) is 12.4. The maximum atomic E-state index is 13.6. The van der Waals surface area contributed by atoms with Crippen LogP contribution in [-0.2, 0) is 6.42 Å². The highest BCUT2D eigenvalue weighted by Crippen LogP contribution is 2.22. The Morgan fingerprint density at radius 1 is 1.12 bits per heavy atom. The van der Waals surface area contributed by atoms with E-state index >= 15 is 0 Å². The number of rotatable bonds is 3. The summed E-state index contributed by atoms with van der Waals surface area (Å²) in [6.45, 7) is 1.89. The Labute approximate surface area is 101 Å². The van der Waals surface area contributed by atoms with Crippen molar-refractivity contribution in [3.63, 3.8) is 0 Å². The van der Waals surface area contributed by atoms with Gasteiger partial charge in [0.1, 0.15) is 5.82 Å². The minimum absolute atomic E-state index is 0.348. The molecule has 2 rings (SSSR count). The number of halogens is 1. The van der Waals surface area contributed by atoms with Gasteiger partial charge >= 0.3 is 0 Å². The van der Waals surface area contributed by atoms with Gasteiger partial charge in [-0.15, -0.1) is 0 Å². The van der Waals surface area contributed by atoms with Crippen LogP contribution in [0.2, 0.25) is 0 Å². The first-order valence-corrected chi connectivity index (χ1v) is 5.65. The van der Waals surface area contributed by atoms with E-state index in [2.05, 4.69) is 0 Å². The Morgan fingerprint density at radius 2 is 1.82 bits per heavy atom. The molecular formula is C15H15FO. The van der Waals surface area contributed by atoms with Crippen molar-refractivity contribution in [3.8, 4) is 0 Å². The number of aliphatic hydroxyl groups is 1. The second-order valence-electron chi connectivity index (χ2n) is 4.23. The molecule has 0 heterocycles. The molecule has 2 heteroatoms. The highest BCUT2D eigenvalue weighted by molar-refractivity contribution is 5.27. The molecule has 0 aliphatic heterocycles. The van der Waals surface area contributed by atoms with E-state index in [4.69, 9.17) is 0 Å². The Bertz CT molecular complexity index is 494. The van der Waals surface area contributed by atoms with Crippen LogP contribution < -0.4 is 0 Å². The minimum Gasteiger partial charge on any atom is -0.388 e. The largest absolute Gasteiger partial charge is 0.388 e. The molecule has 0 fully saturated rings. The van der Waals surface area contributed by atoms with Crippen molar-refractivity contribution in [2.75, 3.05) is 0 Å². The van der Waals surface area contributed by atoms with Crippen LogP contribution in [0.15, 0.2) is 48.5 Å². The van der Waals surface area contributed by atoms with Crippen molar-refractivity contribution in [3.05, 3.63) is 71.0 Å². The third kappa shape index (κ3) is 2.92. The van der Waals surface area contributed by atoms with Gasteiger partial charge < -0.3 is 5.11 Å². The summed E-state index contributed by atoms with van der Waals surface area (Å²) in [4.78, 5) is 0. The van der Waals surface area contributed by atoms with Gasteiger partial charge in [0.05, 0.1) is 6.10 Å². The molecule has 0 radical (unpaired) electrons. The third-order valence-corrected chi connectivity index (χ3v) is 2.78. The van der Waals surface area contributed by atoms with Crippen LogP contribution in [0.4, 0.5) is 4.39 Å². The number of hydrogen-bond donors (Lipinski definition) is 1. The SMILES string of the molecule is Cc1ccc(F)c(C(O)Cc2ccccc2)c1. The highest BCUT2D eigenvalue weighted by Gasteiger charge is 2.13. The molecule has 2 aromatic carbocycles. The standard InChI is InChI=1S/C15H15FO/c1-11-7-8-14(16)13(9-11)15(17)10-12-5-3-2-4-6-12/h2-9,15,17H,10H2,1H3. The number of hydrogen-bond acceptors (Lipinski definition) is 1. The lowest BCUT2D eigenvalue weighted by Gasteiger charge is -2.12. The van der Waals surface area contributed by atoms with Gasteiger partial charge in [0, 0.05) is 12.0 Å². The van der Waals surface area contributed by atoms with E-state index in [0.29, 0.717) is 12.0 Å². The van der Waals surface area contributed by atoms with Gasteiger partial charge in [-0.1, -0.05) is 48.0 Å². The molecule has 0 saturated carbocycles. The zero-order valence-electron chi connectivity index (χ0n) is 9.73. The zero-order chi connectivity index (χ0) is 12.3. The molecule has 0 aliphatic rings. The lowest BCUT2D eigenvalue weighted by Crippen LogP contribution is -2.04. The van der Waals surface area contributed by atoms with Crippen LogP contribution in [0.25, 0.3) is 0 Å². The second kappa shape index (κ2) is 5.11. The van der Waals surface area contributed by atoms with Crippen LogP contribution in [0.3, 0.4) is 0 Å². The topological polar surface area (TPSA) is 20.2 Å². The summed E-state index contributed by atoms with van der Waals surface area (Å²) in [7, 11) is 0. The maximum absolute atomic E-state index is 13.6. The summed E-state index contributed by atoms with van der Waals surface area (Å²) in [6.07, 6.45) is -0.362. The summed E-state index contributed by atoms with van der Waals surface area (Å²) < 4.78 is 13.6. The van der Waals surface area contributed by atoms with Gasteiger partial charge in [-0.2, -0.15) is 0 Å². The third-order valence-electron chi connectivity index (χ3n) is 2.78. The predicted octanol–water partition coefficient (Wildman–Crippen LogP) is 3.41. The molecule has 0 saturated heterocycles. The first kappa shape index (κ1) is 11.8. The lowest BCUT2D eigenvalue weighted by atomic mass is 9.99. The number of aryl methyl sites for hydroxylation is 1. The fourth-order valence-corrected chi connectivity index (χ4v) is 1.87. The Kier molecular flexibility index (Phi) is 3.55. The maximum Gasteiger partial charge on any atom is 0.129 e. The summed E-state index contributed by atoms with van der Waals surface area (Å²) in [5, 5.41) is 10.0. The smallest absolute Gasteiger partial charge is 0.129 e. The van der Waals surface area contributed by atoms with Crippen LogP contribution >= 0.6 is 0 Å². The highest BCUT2D eigenvalue weighted by atomic mass is 19.1. The monoisotopic (exact) mass is 230 g/mol. The van der Waals surface area contributed by atoms with E-state index in [1.807, 2.05) is 37.3 Å². The van der Waals surface area contributed by atoms with Crippen LogP contribution in [0.1, 0.15) is 22.8 Å². The van der Waals surface area contributed by atoms with E-state index in [1.54, 1.807) is 12.1 Å². The summed E-state index contributed by atoms with van der Waals surface area (Å²) in [5.74, 6) is -0.348. The average Bonchev–Trinajstić information content (AvgIpc) is 2.33.